The summed E-state index contributed by atoms with van der Waals surface area (Å²) in [6, 6.07) is 1.76. The van der Waals surface area contributed by atoms with Crippen LogP contribution in [0.5, 0.6) is 0 Å². The number of carboxylic acids is 1. The summed E-state index contributed by atoms with van der Waals surface area (Å²) in [7, 11) is 0. The summed E-state index contributed by atoms with van der Waals surface area (Å²) in [5.74, 6) is -1.17. The second-order valence-electron chi connectivity index (χ2n) is 4.49. The van der Waals surface area contributed by atoms with Crippen LogP contribution in [0.1, 0.15) is 24.7 Å². The summed E-state index contributed by atoms with van der Waals surface area (Å²) >= 11 is 0. The van der Waals surface area contributed by atoms with Crippen molar-refractivity contribution < 1.29 is 23.1 Å². The molecule has 0 saturated heterocycles. The first-order valence-corrected chi connectivity index (χ1v) is 6.15. The van der Waals surface area contributed by atoms with Gasteiger partial charge >= 0.3 is 12.1 Å². The van der Waals surface area contributed by atoms with E-state index in [1.165, 1.54) is 4.57 Å². The minimum Gasteiger partial charge on any atom is -0.481 e. The molecule has 9 heteroatoms. The molecule has 114 valence electrons. The van der Waals surface area contributed by atoms with E-state index >= 15 is 0 Å². The number of hydrogen-bond acceptors (Lipinski definition) is 3. The summed E-state index contributed by atoms with van der Waals surface area (Å²) < 4.78 is 40.1. The van der Waals surface area contributed by atoms with E-state index in [2.05, 4.69) is 5.10 Å². The number of fused-ring (bicyclic) bond motifs is 1. The maximum atomic E-state index is 12.7. The lowest BCUT2D eigenvalue weighted by atomic mass is 10.2. The third kappa shape index (κ3) is 2.91. The second-order valence-corrected chi connectivity index (χ2v) is 4.49. The number of aryl methyl sites for hydroxylation is 1. The van der Waals surface area contributed by atoms with Gasteiger partial charge in [-0.05, 0) is 6.42 Å². The fraction of sp³-hybridized carbons (Fsp3) is 0.417. The number of aliphatic carboxylic acids is 1. The Balaban J connectivity index is 2.75. The molecule has 21 heavy (non-hydrogen) atoms. The summed E-state index contributed by atoms with van der Waals surface area (Å²) in [5, 5.41) is 12.1. The smallest absolute Gasteiger partial charge is 0.435 e. The Morgan fingerprint density at radius 1 is 1.38 bits per heavy atom. The third-order valence-electron chi connectivity index (χ3n) is 2.88. The largest absolute Gasteiger partial charge is 0.481 e. The van der Waals surface area contributed by atoms with E-state index in [9.17, 15) is 22.8 Å². The standard InChI is InChI=1S/C12H12F3N3O3/c1-2-3-17-7(5-11(20)21)4-10(19)18-9(17)6-8(16-18)12(13,14)15/h4,6H,2-3,5H2,1H3,(H,20,21). The molecule has 0 fully saturated rings. The zero-order valence-electron chi connectivity index (χ0n) is 11.0. The average Bonchev–Trinajstić information content (AvgIpc) is 2.78. The van der Waals surface area contributed by atoms with Crippen molar-refractivity contribution in [2.45, 2.75) is 32.5 Å². The van der Waals surface area contributed by atoms with E-state index in [1.807, 2.05) is 0 Å². The molecule has 0 amide bonds. The molecule has 0 aliphatic rings. The first-order chi connectivity index (χ1) is 9.74. The normalized spacial score (nSPS) is 12.0. The monoisotopic (exact) mass is 303 g/mol. The number of carbonyl (C=O) groups is 1. The number of carboxylic acid groups (broad SMARTS) is 1. The number of nitrogens with zero attached hydrogens (tertiary/aromatic N) is 3. The lowest BCUT2D eigenvalue weighted by Crippen LogP contribution is -2.23. The highest BCUT2D eigenvalue weighted by atomic mass is 19.4. The molecule has 2 rings (SSSR count). The van der Waals surface area contributed by atoms with Gasteiger partial charge in [-0.1, -0.05) is 6.92 Å². The average molecular weight is 303 g/mol. The molecule has 1 N–H and O–H groups in total. The summed E-state index contributed by atoms with van der Waals surface area (Å²) in [4.78, 5) is 22.6. The van der Waals surface area contributed by atoms with Gasteiger partial charge in [-0.2, -0.15) is 22.8 Å². The Morgan fingerprint density at radius 3 is 2.57 bits per heavy atom. The minimum absolute atomic E-state index is 0.0621. The van der Waals surface area contributed by atoms with E-state index in [4.69, 9.17) is 5.11 Å². The van der Waals surface area contributed by atoms with Crippen LogP contribution in [0.25, 0.3) is 5.65 Å². The highest BCUT2D eigenvalue weighted by Crippen LogP contribution is 2.28. The fourth-order valence-corrected chi connectivity index (χ4v) is 2.08. The van der Waals surface area contributed by atoms with Crippen LogP contribution in [0.4, 0.5) is 13.2 Å². The first-order valence-electron chi connectivity index (χ1n) is 6.15. The highest BCUT2D eigenvalue weighted by Gasteiger charge is 2.35. The molecule has 0 radical (unpaired) electrons. The summed E-state index contributed by atoms with van der Waals surface area (Å²) in [6.07, 6.45) is -4.55. The third-order valence-corrected chi connectivity index (χ3v) is 2.88. The molecular weight excluding hydrogens is 291 g/mol. The van der Waals surface area contributed by atoms with Gasteiger partial charge in [0.2, 0.25) is 0 Å². The van der Waals surface area contributed by atoms with Crippen molar-refractivity contribution in [3.05, 3.63) is 33.9 Å². The van der Waals surface area contributed by atoms with Gasteiger partial charge in [-0.3, -0.25) is 9.59 Å². The van der Waals surface area contributed by atoms with E-state index < -0.39 is 29.8 Å². The molecule has 0 aliphatic carbocycles. The van der Waals surface area contributed by atoms with E-state index in [-0.39, 0.29) is 17.9 Å². The van der Waals surface area contributed by atoms with E-state index in [0.29, 0.717) is 10.9 Å². The molecule has 0 aromatic carbocycles. The van der Waals surface area contributed by atoms with Crippen LogP contribution in [0, 0.1) is 0 Å². The highest BCUT2D eigenvalue weighted by molar-refractivity contribution is 5.70. The van der Waals surface area contributed by atoms with Crippen molar-refractivity contribution in [3.63, 3.8) is 0 Å². The Kier molecular flexibility index (Phi) is 3.75. The molecule has 6 nitrogen and oxygen atoms in total. The molecule has 0 spiro atoms. The predicted molar refractivity (Wildman–Crippen MR) is 66.1 cm³/mol. The van der Waals surface area contributed by atoms with Crippen LogP contribution >= 0.6 is 0 Å². The summed E-state index contributed by atoms with van der Waals surface area (Å²) in [6.45, 7) is 2.08. The molecule has 2 heterocycles. The summed E-state index contributed by atoms with van der Waals surface area (Å²) in [5.41, 5.74) is -1.88. The van der Waals surface area contributed by atoms with Crippen LogP contribution in [0.2, 0.25) is 0 Å². The lowest BCUT2D eigenvalue weighted by Gasteiger charge is -2.12. The van der Waals surface area contributed by atoms with Crippen LogP contribution in [0.15, 0.2) is 16.9 Å². The zero-order valence-corrected chi connectivity index (χ0v) is 11.0. The predicted octanol–water partition coefficient (Wildman–Crippen LogP) is 1.55. The number of aromatic nitrogens is 3. The van der Waals surface area contributed by atoms with Gasteiger partial charge in [0.1, 0.15) is 5.65 Å². The maximum Gasteiger partial charge on any atom is 0.435 e. The van der Waals surface area contributed by atoms with Crippen LogP contribution in [-0.4, -0.2) is 25.3 Å². The zero-order chi connectivity index (χ0) is 15.8. The number of alkyl halides is 3. The van der Waals surface area contributed by atoms with Gasteiger partial charge in [-0.25, -0.2) is 0 Å². The van der Waals surface area contributed by atoms with E-state index in [0.717, 1.165) is 12.1 Å². The van der Waals surface area contributed by atoms with Crippen LogP contribution in [0.3, 0.4) is 0 Å². The molecule has 0 saturated carbocycles. The minimum atomic E-state index is -4.67. The van der Waals surface area contributed by atoms with Crippen molar-refractivity contribution in [2.24, 2.45) is 0 Å². The Morgan fingerprint density at radius 2 is 2.05 bits per heavy atom. The molecule has 0 bridgehead atoms. The quantitative estimate of drug-likeness (QED) is 0.929. The Hall–Kier alpha value is -2.32. The lowest BCUT2D eigenvalue weighted by molar-refractivity contribution is -0.141. The molecular formula is C12H12F3N3O3. The van der Waals surface area contributed by atoms with Crippen molar-refractivity contribution in [2.75, 3.05) is 0 Å². The van der Waals surface area contributed by atoms with Crippen molar-refractivity contribution >= 4 is 11.6 Å². The Labute approximate surface area is 116 Å². The van der Waals surface area contributed by atoms with Crippen molar-refractivity contribution in [1.29, 1.82) is 0 Å². The van der Waals surface area contributed by atoms with Gasteiger partial charge in [0.05, 0.1) is 6.42 Å². The van der Waals surface area contributed by atoms with Gasteiger partial charge in [0.25, 0.3) is 5.56 Å². The number of halogens is 3. The van der Waals surface area contributed by atoms with Gasteiger partial charge in [-0.15, -0.1) is 0 Å². The van der Waals surface area contributed by atoms with Gasteiger partial charge in [0.15, 0.2) is 5.69 Å². The van der Waals surface area contributed by atoms with Crippen molar-refractivity contribution in [1.82, 2.24) is 14.2 Å². The van der Waals surface area contributed by atoms with Crippen molar-refractivity contribution in [3.8, 4) is 0 Å². The molecule has 0 atom stereocenters. The molecule has 0 aliphatic heterocycles. The van der Waals surface area contributed by atoms with Gasteiger partial charge < -0.3 is 9.67 Å². The fourth-order valence-electron chi connectivity index (χ4n) is 2.08. The maximum absolute atomic E-state index is 12.7. The molecule has 2 aromatic rings. The second kappa shape index (κ2) is 5.23. The van der Waals surface area contributed by atoms with Crippen LogP contribution < -0.4 is 5.56 Å². The van der Waals surface area contributed by atoms with Gasteiger partial charge in [0, 0.05) is 24.4 Å². The number of hydrogen-bond donors (Lipinski definition) is 1. The van der Waals surface area contributed by atoms with Crippen LogP contribution in [-0.2, 0) is 23.9 Å². The first kappa shape index (κ1) is 15.1. The Bertz CT molecular complexity index is 746. The number of rotatable bonds is 4. The molecule has 2 aromatic heterocycles. The SMILES string of the molecule is CCCn1c(CC(=O)O)cc(=O)n2nc(C(F)(F)F)cc12. The molecule has 0 unspecified atom stereocenters. The van der Waals surface area contributed by atoms with E-state index in [1.54, 1.807) is 6.92 Å². The topological polar surface area (TPSA) is 76.6 Å².